The third-order valence-corrected chi connectivity index (χ3v) is 6.80. The highest BCUT2D eigenvalue weighted by Crippen LogP contribution is 2.49. The summed E-state index contributed by atoms with van der Waals surface area (Å²) in [6, 6.07) is 16.3. The molecule has 1 aliphatic carbocycles. The number of nitrogens with zero attached hydrogens (tertiary/aromatic N) is 2. The lowest BCUT2D eigenvalue weighted by Gasteiger charge is -2.22. The van der Waals surface area contributed by atoms with Crippen molar-refractivity contribution in [3.8, 4) is 6.07 Å². The number of aliphatic imine (C=N–C) groups is 1. The second-order valence-electron chi connectivity index (χ2n) is 7.55. The van der Waals surface area contributed by atoms with E-state index >= 15 is 0 Å². The number of thioether (sulfide) groups is 1. The quantitative estimate of drug-likeness (QED) is 0.826. The summed E-state index contributed by atoms with van der Waals surface area (Å²) < 4.78 is 12.3. The topological polar surface area (TPSA) is 65.2 Å². The summed E-state index contributed by atoms with van der Waals surface area (Å²) in [6.07, 6.45) is 1.79. The Morgan fingerprint density at radius 3 is 2.32 bits per heavy atom. The maximum atomic E-state index is 13.1. The number of amides is 1. The molecule has 1 saturated carbocycles. The van der Waals surface area contributed by atoms with Crippen molar-refractivity contribution in [1.82, 2.24) is 5.32 Å². The molecular weight excluding hydrogens is 373 g/mol. The first-order valence-corrected chi connectivity index (χ1v) is 10.0. The zero-order valence-corrected chi connectivity index (χ0v) is 16.5. The number of carbonyl (C=O) groups excluding carboxylic acids is 1. The van der Waals surface area contributed by atoms with Crippen LogP contribution in [-0.2, 0) is 15.0 Å². The Labute approximate surface area is 167 Å². The molecule has 1 aliphatic heterocycles. The third kappa shape index (κ3) is 3.20. The van der Waals surface area contributed by atoms with E-state index < -0.39 is 4.75 Å². The molecule has 1 amide bonds. The van der Waals surface area contributed by atoms with Crippen LogP contribution in [0.4, 0.5) is 4.39 Å². The maximum Gasteiger partial charge on any atom is 0.268 e. The third-order valence-electron chi connectivity index (χ3n) is 5.57. The van der Waals surface area contributed by atoms with Crippen molar-refractivity contribution < 1.29 is 9.18 Å². The molecule has 4 rings (SSSR count). The molecule has 1 heterocycles. The molecule has 2 atom stereocenters. The van der Waals surface area contributed by atoms with Crippen molar-refractivity contribution in [3.05, 3.63) is 71.0 Å². The first-order valence-electron chi connectivity index (χ1n) is 9.23. The van der Waals surface area contributed by atoms with Gasteiger partial charge in [-0.25, -0.2) is 4.39 Å². The zero-order valence-electron chi connectivity index (χ0n) is 15.7. The molecule has 0 radical (unpaired) electrons. The molecule has 28 heavy (non-hydrogen) atoms. The van der Waals surface area contributed by atoms with E-state index in [4.69, 9.17) is 0 Å². The first-order chi connectivity index (χ1) is 13.4. The molecular formula is C22H20FN3OS. The van der Waals surface area contributed by atoms with Crippen LogP contribution < -0.4 is 5.32 Å². The number of rotatable bonds is 4. The largest absolute Gasteiger partial charge is 0.358 e. The van der Waals surface area contributed by atoms with E-state index in [9.17, 15) is 14.4 Å². The highest BCUT2D eigenvalue weighted by atomic mass is 32.2. The average Bonchev–Trinajstić information content (AvgIpc) is 3.44. The van der Waals surface area contributed by atoms with Crippen molar-refractivity contribution in [3.63, 3.8) is 0 Å². The number of hydrogen-bond donors (Lipinski definition) is 1. The van der Waals surface area contributed by atoms with Crippen LogP contribution in [0, 0.1) is 17.1 Å². The van der Waals surface area contributed by atoms with Crippen molar-refractivity contribution in [2.24, 2.45) is 4.99 Å². The summed E-state index contributed by atoms with van der Waals surface area (Å²) >= 11 is 1.39. The lowest BCUT2D eigenvalue weighted by molar-refractivity contribution is -0.119. The smallest absolute Gasteiger partial charge is 0.268 e. The van der Waals surface area contributed by atoms with Crippen LogP contribution in [0.25, 0.3) is 0 Å². The second-order valence-corrected chi connectivity index (χ2v) is 8.95. The summed E-state index contributed by atoms with van der Waals surface area (Å²) in [7, 11) is 0. The van der Waals surface area contributed by atoms with Crippen LogP contribution in [0.3, 0.4) is 0 Å². The number of nitrogens with one attached hydrogen (secondary N) is 1. The lowest BCUT2D eigenvalue weighted by atomic mass is 9.93. The van der Waals surface area contributed by atoms with Crippen molar-refractivity contribution in [2.75, 3.05) is 0 Å². The Hall–Kier alpha value is -2.65. The number of nitriles is 1. The molecule has 1 fully saturated rings. The van der Waals surface area contributed by atoms with Crippen LogP contribution in [0.5, 0.6) is 0 Å². The van der Waals surface area contributed by atoms with Gasteiger partial charge in [0, 0.05) is 0 Å². The van der Waals surface area contributed by atoms with Gasteiger partial charge in [-0.2, -0.15) is 10.3 Å². The van der Waals surface area contributed by atoms with Crippen molar-refractivity contribution in [1.29, 1.82) is 5.26 Å². The van der Waals surface area contributed by atoms with E-state index in [2.05, 4.69) is 16.4 Å². The van der Waals surface area contributed by atoms with Gasteiger partial charge >= 0.3 is 0 Å². The molecule has 2 aromatic carbocycles. The summed E-state index contributed by atoms with van der Waals surface area (Å²) in [4.78, 5) is 16.9. The number of halogens is 1. The number of carbonyl (C=O) groups is 1. The first kappa shape index (κ1) is 18.7. The lowest BCUT2D eigenvalue weighted by Crippen LogP contribution is -2.26. The Morgan fingerprint density at radius 1 is 1.14 bits per heavy atom. The predicted molar refractivity (Wildman–Crippen MR) is 108 cm³/mol. The molecule has 1 N–H and O–H groups in total. The maximum absolute atomic E-state index is 13.1. The highest BCUT2D eigenvalue weighted by Gasteiger charge is 2.46. The van der Waals surface area contributed by atoms with Gasteiger partial charge in [-0.1, -0.05) is 48.2 Å². The minimum Gasteiger partial charge on any atom is -0.358 e. The summed E-state index contributed by atoms with van der Waals surface area (Å²) in [5.74, 6) is -0.486. The monoisotopic (exact) mass is 393 g/mol. The van der Waals surface area contributed by atoms with Crippen LogP contribution in [0.15, 0.2) is 53.5 Å². The molecule has 0 aromatic heterocycles. The molecule has 4 nitrogen and oxygen atoms in total. The number of benzene rings is 2. The molecule has 6 heteroatoms. The van der Waals surface area contributed by atoms with Crippen LogP contribution in [-0.4, -0.2) is 11.1 Å². The number of amidine groups is 1. The van der Waals surface area contributed by atoms with Gasteiger partial charge in [-0.3, -0.25) is 4.79 Å². The Kier molecular flexibility index (Phi) is 4.51. The van der Waals surface area contributed by atoms with E-state index in [1.54, 1.807) is 12.1 Å². The second kappa shape index (κ2) is 6.75. The van der Waals surface area contributed by atoms with Crippen LogP contribution in [0.1, 0.15) is 49.4 Å². The van der Waals surface area contributed by atoms with Gasteiger partial charge in [0.15, 0.2) is 5.17 Å². The van der Waals surface area contributed by atoms with Crippen LogP contribution >= 0.6 is 11.8 Å². The van der Waals surface area contributed by atoms with E-state index in [1.807, 2.05) is 38.1 Å². The Bertz CT molecular complexity index is 990. The van der Waals surface area contributed by atoms with Gasteiger partial charge in [0.2, 0.25) is 0 Å². The van der Waals surface area contributed by atoms with Gasteiger partial charge < -0.3 is 5.32 Å². The zero-order chi connectivity index (χ0) is 19.9. The minimum atomic E-state index is -0.799. The molecule has 0 spiro atoms. The molecule has 2 aliphatic rings. The predicted octanol–water partition coefficient (Wildman–Crippen LogP) is 4.58. The molecule has 0 bridgehead atoms. The number of hydrogen-bond acceptors (Lipinski definition) is 4. The standard InChI is InChI=1S/C22H20FN3OS/c1-14(15-3-9-18(23)10-4-15)25-20-26-19(27)21(2,28-20)16-5-7-17(8-6-16)22(13-24)11-12-22/h3-10,14H,11-12H2,1-2H3,(H,25,26,27)/t14-,21+/m0/s1. The van der Waals surface area contributed by atoms with E-state index in [0.717, 1.165) is 29.5 Å². The summed E-state index contributed by atoms with van der Waals surface area (Å²) in [5, 5.41) is 13.2. The Balaban J connectivity index is 1.49. The van der Waals surface area contributed by atoms with E-state index in [0.29, 0.717) is 5.17 Å². The molecule has 2 aromatic rings. The highest BCUT2D eigenvalue weighted by molar-refractivity contribution is 8.15. The van der Waals surface area contributed by atoms with E-state index in [1.165, 1.54) is 23.9 Å². The fraction of sp³-hybridized carbons (Fsp3) is 0.318. The molecule has 0 saturated heterocycles. The van der Waals surface area contributed by atoms with Crippen molar-refractivity contribution >= 4 is 22.8 Å². The fourth-order valence-corrected chi connectivity index (χ4v) is 4.56. The average molecular weight is 393 g/mol. The van der Waals surface area contributed by atoms with Crippen molar-refractivity contribution in [2.45, 2.75) is 42.9 Å². The summed E-state index contributed by atoms with van der Waals surface area (Å²) in [6.45, 7) is 3.81. The van der Waals surface area contributed by atoms with Gasteiger partial charge in [0.25, 0.3) is 5.91 Å². The molecule has 142 valence electrons. The van der Waals surface area contributed by atoms with Gasteiger partial charge in [-0.15, -0.1) is 0 Å². The van der Waals surface area contributed by atoms with Gasteiger partial charge in [-0.05, 0) is 55.5 Å². The molecule has 0 unspecified atom stereocenters. The SMILES string of the molecule is C[C@H](NC1=NC(=O)[C@@](C)(c2ccc(C3(C#N)CC3)cc2)S1)c1ccc(F)cc1. The van der Waals surface area contributed by atoms with Gasteiger partial charge in [0.1, 0.15) is 10.6 Å². The minimum absolute atomic E-state index is 0.102. The van der Waals surface area contributed by atoms with Crippen LogP contribution in [0.2, 0.25) is 0 Å². The normalized spacial score (nSPS) is 23.6. The van der Waals surface area contributed by atoms with Gasteiger partial charge in [0.05, 0.1) is 17.5 Å². The summed E-state index contributed by atoms with van der Waals surface area (Å²) in [5.41, 5.74) is 2.47. The van der Waals surface area contributed by atoms with E-state index in [-0.39, 0.29) is 23.2 Å². The fourth-order valence-electron chi connectivity index (χ4n) is 3.42. The Morgan fingerprint density at radius 2 is 1.75 bits per heavy atom.